The van der Waals surface area contributed by atoms with E-state index >= 15 is 0 Å². The summed E-state index contributed by atoms with van der Waals surface area (Å²) in [6.45, 7) is 10.3. The Morgan fingerprint density at radius 3 is 2.42 bits per heavy atom. The number of nitrogens with zero attached hydrogens (tertiary/aromatic N) is 1. The van der Waals surface area contributed by atoms with Crippen LogP contribution in [-0.2, 0) is 22.4 Å². The summed E-state index contributed by atoms with van der Waals surface area (Å²) in [4.78, 5) is 28.4. The molecule has 0 spiro atoms. The van der Waals surface area contributed by atoms with Crippen molar-refractivity contribution in [2.75, 3.05) is 29.9 Å². The second-order valence-electron chi connectivity index (χ2n) is 8.96. The predicted octanol–water partition coefficient (Wildman–Crippen LogP) is 5.54. The van der Waals surface area contributed by atoms with Crippen molar-refractivity contribution in [2.45, 2.75) is 52.5 Å². The molecule has 0 radical (unpaired) electrons. The number of aryl methyl sites for hydroxylation is 1. The van der Waals surface area contributed by atoms with E-state index in [4.69, 9.17) is 4.74 Å². The van der Waals surface area contributed by atoms with Crippen LogP contribution in [0.25, 0.3) is 0 Å². The number of ether oxygens (including phenoxy) is 1. The first-order chi connectivity index (χ1) is 15.8. The van der Waals surface area contributed by atoms with E-state index in [-0.39, 0.29) is 11.8 Å². The van der Waals surface area contributed by atoms with E-state index in [9.17, 15) is 9.59 Å². The summed E-state index contributed by atoms with van der Waals surface area (Å²) in [5.41, 5.74) is 2.98. The number of carbonyl (C=O) groups is 2. The zero-order valence-electron chi connectivity index (χ0n) is 19.9. The largest absolute Gasteiger partial charge is 0.449 e. The van der Waals surface area contributed by atoms with Crippen LogP contribution >= 0.6 is 15.9 Å². The van der Waals surface area contributed by atoms with Crippen LogP contribution in [0.2, 0.25) is 0 Å². The molecule has 33 heavy (non-hydrogen) atoms. The summed E-state index contributed by atoms with van der Waals surface area (Å²) in [5, 5.41) is 5.95. The number of hydrogen-bond acceptors (Lipinski definition) is 4. The number of carbonyl (C=O) groups excluding carboxylic acids is 2. The van der Waals surface area contributed by atoms with Crippen molar-refractivity contribution in [1.82, 2.24) is 5.32 Å². The standard InChI is InChI=1S/C26H34BrN3O3/c1-5-30(6-2)23-11-9-22(10-12-23)28-24(31)26(29-25(32)33-17-18(3)4)14-13-19-15-21(27)8-7-20(19)16-26/h7-12,15,18H,5-6,13-14,16-17H2,1-4H3,(H,28,31)(H,29,32). The molecule has 0 saturated carbocycles. The van der Waals surface area contributed by atoms with E-state index in [1.807, 2.05) is 50.2 Å². The molecule has 1 aliphatic carbocycles. The fourth-order valence-electron chi connectivity index (χ4n) is 4.19. The highest BCUT2D eigenvalue weighted by molar-refractivity contribution is 9.10. The van der Waals surface area contributed by atoms with Crippen molar-refractivity contribution in [2.24, 2.45) is 5.92 Å². The molecule has 0 aromatic heterocycles. The van der Waals surface area contributed by atoms with Crippen molar-refractivity contribution in [3.63, 3.8) is 0 Å². The Hall–Kier alpha value is -2.54. The quantitative estimate of drug-likeness (QED) is 0.483. The van der Waals surface area contributed by atoms with Crippen molar-refractivity contribution in [3.05, 3.63) is 58.1 Å². The number of halogens is 1. The summed E-state index contributed by atoms with van der Waals surface area (Å²) < 4.78 is 6.37. The normalized spacial score (nSPS) is 17.3. The molecule has 1 unspecified atom stereocenters. The number of anilines is 2. The van der Waals surface area contributed by atoms with Gasteiger partial charge in [0.1, 0.15) is 5.54 Å². The van der Waals surface area contributed by atoms with Crippen LogP contribution in [0, 0.1) is 5.92 Å². The SMILES string of the molecule is CCN(CC)c1ccc(NC(=O)C2(NC(=O)OCC(C)C)CCc3cc(Br)ccc3C2)cc1. The number of hydrogen-bond donors (Lipinski definition) is 2. The highest BCUT2D eigenvalue weighted by Gasteiger charge is 2.43. The molecule has 178 valence electrons. The third-order valence-electron chi connectivity index (χ3n) is 6.06. The Bertz CT molecular complexity index is 973. The maximum Gasteiger partial charge on any atom is 0.408 e. The van der Waals surface area contributed by atoms with E-state index in [2.05, 4.69) is 51.4 Å². The minimum atomic E-state index is -1.08. The molecule has 6 nitrogen and oxygen atoms in total. The molecular weight excluding hydrogens is 482 g/mol. The van der Waals surface area contributed by atoms with Crippen LogP contribution in [0.15, 0.2) is 46.9 Å². The number of benzene rings is 2. The average molecular weight is 516 g/mol. The molecule has 1 atom stereocenters. The van der Waals surface area contributed by atoms with Crippen molar-refractivity contribution >= 4 is 39.3 Å². The highest BCUT2D eigenvalue weighted by atomic mass is 79.9. The van der Waals surface area contributed by atoms with Gasteiger partial charge in [-0.25, -0.2) is 4.79 Å². The maximum absolute atomic E-state index is 13.6. The molecule has 2 N–H and O–H groups in total. The van der Waals surface area contributed by atoms with Gasteiger partial charge in [-0.1, -0.05) is 35.8 Å². The number of fused-ring (bicyclic) bond motifs is 1. The van der Waals surface area contributed by atoms with Gasteiger partial charge in [-0.15, -0.1) is 0 Å². The Balaban J connectivity index is 1.82. The molecule has 2 aromatic rings. The molecule has 2 amide bonds. The summed E-state index contributed by atoms with van der Waals surface area (Å²) in [6.07, 6.45) is 1.04. The molecular formula is C26H34BrN3O3. The first-order valence-corrected chi connectivity index (χ1v) is 12.4. The lowest BCUT2D eigenvalue weighted by atomic mass is 9.77. The summed E-state index contributed by atoms with van der Waals surface area (Å²) in [6, 6.07) is 13.9. The fourth-order valence-corrected chi connectivity index (χ4v) is 4.60. The Labute approximate surface area is 205 Å². The smallest absolute Gasteiger partial charge is 0.408 e. The lowest BCUT2D eigenvalue weighted by Gasteiger charge is -2.37. The molecule has 0 heterocycles. The van der Waals surface area contributed by atoms with Crippen LogP contribution in [0.4, 0.5) is 16.2 Å². The van der Waals surface area contributed by atoms with Gasteiger partial charge in [0.25, 0.3) is 5.91 Å². The Morgan fingerprint density at radius 1 is 1.09 bits per heavy atom. The molecule has 0 bridgehead atoms. The first kappa shape index (κ1) is 25.1. The van der Waals surface area contributed by atoms with Gasteiger partial charge in [-0.3, -0.25) is 4.79 Å². The Morgan fingerprint density at radius 2 is 1.79 bits per heavy atom. The van der Waals surface area contributed by atoms with Gasteiger partial charge in [0.15, 0.2) is 0 Å². The van der Waals surface area contributed by atoms with Gasteiger partial charge in [0, 0.05) is 35.4 Å². The van der Waals surface area contributed by atoms with Crippen LogP contribution in [0.1, 0.15) is 45.2 Å². The molecule has 3 rings (SSSR count). The molecule has 2 aromatic carbocycles. The second kappa shape index (κ2) is 11.1. The number of rotatable bonds is 8. The zero-order chi connectivity index (χ0) is 24.0. The maximum atomic E-state index is 13.6. The lowest BCUT2D eigenvalue weighted by molar-refractivity contribution is -0.122. The Kier molecular flexibility index (Phi) is 8.40. The molecule has 0 aliphatic heterocycles. The van der Waals surface area contributed by atoms with Crippen LogP contribution in [0.5, 0.6) is 0 Å². The van der Waals surface area contributed by atoms with Crippen molar-refractivity contribution in [1.29, 1.82) is 0 Å². The van der Waals surface area contributed by atoms with Crippen LogP contribution in [0.3, 0.4) is 0 Å². The molecule has 1 aliphatic rings. The van der Waals surface area contributed by atoms with Crippen LogP contribution in [-0.4, -0.2) is 37.2 Å². The molecule has 0 fully saturated rings. The topological polar surface area (TPSA) is 70.7 Å². The van der Waals surface area contributed by atoms with E-state index in [0.29, 0.717) is 31.6 Å². The van der Waals surface area contributed by atoms with E-state index in [1.165, 1.54) is 5.56 Å². The number of amides is 2. The van der Waals surface area contributed by atoms with Gasteiger partial charge in [0.05, 0.1) is 6.61 Å². The van der Waals surface area contributed by atoms with Gasteiger partial charge in [-0.2, -0.15) is 0 Å². The third kappa shape index (κ3) is 6.28. The van der Waals surface area contributed by atoms with Gasteiger partial charge < -0.3 is 20.3 Å². The van der Waals surface area contributed by atoms with E-state index in [0.717, 1.165) is 28.8 Å². The van der Waals surface area contributed by atoms with Gasteiger partial charge in [-0.05, 0) is 80.1 Å². The summed E-state index contributed by atoms with van der Waals surface area (Å²) >= 11 is 3.52. The summed E-state index contributed by atoms with van der Waals surface area (Å²) in [5.74, 6) is -0.0116. The minimum absolute atomic E-state index is 0.217. The fraction of sp³-hybridized carbons (Fsp3) is 0.462. The van der Waals surface area contributed by atoms with E-state index < -0.39 is 11.6 Å². The molecule has 7 heteroatoms. The number of alkyl carbamates (subject to hydrolysis) is 1. The zero-order valence-corrected chi connectivity index (χ0v) is 21.5. The van der Waals surface area contributed by atoms with Gasteiger partial charge >= 0.3 is 6.09 Å². The average Bonchev–Trinajstić information content (AvgIpc) is 2.79. The summed E-state index contributed by atoms with van der Waals surface area (Å²) in [7, 11) is 0. The monoisotopic (exact) mass is 515 g/mol. The lowest BCUT2D eigenvalue weighted by Crippen LogP contribution is -2.60. The second-order valence-corrected chi connectivity index (χ2v) is 9.88. The third-order valence-corrected chi connectivity index (χ3v) is 6.55. The molecule has 0 saturated heterocycles. The van der Waals surface area contributed by atoms with E-state index in [1.54, 1.807) is 0 Å². The van der Waals surface area contributed by atoms with Crippen molar-refractivity contribution in [3.8, 4) is 0 Å². The highest BCUT2D eigenvalue weighted by Crippen LogP contribution is 2.32. The minimum Gasteiger partial charge on any atom is -0.449 e. The first-order valence-electron chi connectivity index (χ1n) is 11.6. The van der Waals surface area contributed by atoms with Crippen molar-refractivity contribution < 1.29 is 14.3 Å². The van der Waals surface area contributed by atoms with Crippen LogP contribution < -0.4 is 15.5 Å². The van der Waals surface area contributed by atoms with Gasteiger partial charge in [0.2, 0.25) is 0 Å². The number of nitrogens with one attached hydrogen (secondary N) is 2. The predicted molar refractivity (Wildman–Crippen MR) is 137 cm³/mol.